The number of nitrogens with zero attached hydrogens (tertiary/aromatic N) is 2. The van der Waals surface area contributed by atoms with Crippen molar-refractivity contribution in [2.24, 2.45) is 4.99 Å². The largest absolute Gasteiger partial charge is 0.380 e. The van der Waals surface area contributed by atoms with Crippen LogP contribution in [0.5, 0.6) is 0 Å². The lowest BCUT2D eigenvalue weighted by Crippen LogP contribution is -2.46. The minimum Gasteiger partial charge on any atom is -0.380 e. The molecule has 0 amide bonds. The third kappa shape index (κ3) is 2.45. The minimum atomic E-state index is 0.518. The highest BCUT2D eigenvalue weighted by Crippen LogP contribution is 2.25. The van der Waals surface area contributed by atoms with Crippen molar-refractivity contribution in [2.45, 2.75) is 25.8 Å². The van der Waals surface area contributed by atoms with Crippen molar-refractivity contribution in [3.8, 4) is 0 Å². The molecule has 0 spiro atoms. The van der Waals surface area contributed by atoms with Gasteiger partial charge in [-0.15, -0.1) is 0 Å². The molecule has 0 aromatic heterocycles. The van der Waals surface area contributed by atoms with Gasteiger partial charge in [0.1, 0.15) is 5.84 Å². The van der Waals surface area contributed by atoms with Gasteiger partial charge >= 0.3 is 0 Å². The van der Waals surface area contributed by atoms with Crippen LogP contribution in [0.2, 0.25) is 0 Å². The third-order valence-electron chi connectivity index (χ3n) is 2.94. The number of carbonyl (C=O) groups is 1. The zero-order chi connectivity index (χ0) is 13.1. The molecule has 2 aliphatic rings. The number of carbonyl (C=O) groups excluding carboxylic acids is 1. The Labute approximate surface area is 107 Å². The quantitative estimate of drug-likeness (QED) is 0.576. The van der Waals surface area contributed by atoms with E-state index in [1.54, 1.807) is 18.1 Å². The zero-order valence-corrected chi connectivity index (χ0v) is 10.7. The van der Waals surface area contributed by atoms with Crippen LogP contribution in [0.1, 0.15) is 19.8 Å². The van der Waals surface area contributed by atoms with Gasteiger partial charge in [-0.3, -0.25) is 20.2 Å². The van der Waals surface area contributed by atoms with Gasteiger partial charge in [-0.25, -0.2) is 0 Å². The average molecular weight is 246 g/mol. The van der Waals surface area contributed by atoms with E-state index in [0.717, 1.165) is 17.7 Å². The highest BCUT2D eigenvalue weighted by atomic mass is 16.1. The molecule has 1 aliphatic heterocycles. The maximum Gasteiger partial charge on any atom is 0.168 e. The monoisotopic (exact) mass is 246 g/mol. The summed E-state index contributed by atoms with van der Waals surface area (Å²) in [7, 11) is 1.70. The molecule has 0 saturated heterocycles. The maximum atomic E-state index is 11.0. The molecule has 2 N–H and O–H groups in total. The number of aliphatic imine (C=N–C) groups is 1. The Bertz CT molecular complexity index is 458. The number of hydrogen-bond acceptors (Lipinski definition) is 4. The van der Waals surface area contributed by atoms with Gasteiger partial charge in [-0.1, -0.05) is 12.7 Å². The number of hydrogen-bond donors (Lipinski definition) is 2. The first-order valence-electron chi connectivity index (χ1n) is 6.02. The first-order valence-corrected chi connectivity index (χ1v) is 6.02. The van der Waals surface area contributed by atoms with Crippen LogP contribution in [-0.4, -0.2) is 30.2 Å². The van der Waals surface area contributed by atoms with Crippen LogP contribution in [0.15, 0.2) is 40.8 Å². The minimum absolute atomic E-state index is 0.518. The Hall–Kier alpha value is -2.04. The van der Waals surface area contributed by atoms with Gasteiger partial charge in [0.2, 0.25) is 0 Å². The fourth-order valence-corrected chi connectivity index (χ4v) is 1.71. The number of rotatable bonds is 4. The highest BCUT2D eigenvalue weighted by Gasteiger charge is 2.27. The summed E-state index contributed by atoms with van der Waals surface area (Å²) in [5, 5.41) is 5.05. The molecule has 2 rings (SSSR count). The molecule has 0 bridgehead atoms. The number of hydrazine groups is 1. The fraction of sp³-hybridized carbons (Fsp3) is 0.385. The van der Waals surface area contributed by atoms with Crippen molar-refractivity contribution in [1.82, 2.24) is 15.8 Å². The van der Waals surface area contributed by atoms with Crippen molar-refractivity contribution >= 4 is 12.1 Å². The number of nitrogens with one attached hydrogen (secondary N) is 2. The molecule has 5 nitrogen and oxygen atoms in total. The van der Waals surface area contributed by atoms with Gasteiger partial charge in [-0.05, 0) is 19.8 Å². The molecular formula is C13H18N4O. The van der Waals surface area contributed by atoms with Gasteiger partial charge in [0.05, 0.1) is 17.1 Å². The second-order valence-corrected chi connectivity index (χ2v) is 4.31. The highest BCUT2D eigenvalue weighted by molar-refractivity contribution is 5.95. The smallest absolute Gasteiger partial charge is 0.168 e. The summed E-state index contributed by atoms with van der Waals surface area (Å²) in [6, 6.07) is 0.524. The second-order valence-electron chi connectivity index (χ2n) is 4.31. The molecule has 0 aromatic rings. The molecule has 1 heterocycles. The SMILES string of the molecule is C=C1C(NC2CC2)=CC(=NC)NN1/C(C=O)=C\C. The lowest BCUT2D eigenvalue weighted by molar-refractivity contribution is -0.106. The summed E-state index contributed by atoms with van der Waals surface area (Å²) in [5.74, 6) is 0.701. The van der Waals surface area contributed by atoms with Crippen LogP contribution in [0, 0.1) is 0 Å². The second kappa shape index (κ2) is 5.08. The summed E-state index contributed by atoms with van der Waals surface area (Å²) in [6.07, 6.45) is 6.81. The molecule has 1 fully saturated rings. The Morgan fingerprint density at radius 2 is 2.39 bits per heavy atom. The first-order chi connectivity index (χ1) is 8.69. The Morgan fingerprint density at radius 3 is 2.89 bits per heavy atom. The molecule has 1 aliphatic carbocycles. The Kier molecular flexibility index (Phi) is 3.50. The van der Waals surface area contributed by atoms with Crippen LogP contribution in [0.25, 0.3) is 0 Å². The van der Waals surface area contributed by atoms with E-state index < -0.39 is 0 Å². The van der Waals surface area contributed by atoms with Gasteiger partial charge in [-0.2, -0.15) is 0 Å². The summed E-state index contributed by atoms with van der Waals surface area (Å²) in [4.78, 5) is 15.2. The van der Waals surface area contributed by atoms with E-state index in [1.807, 2.05) is 13.0 Å². The standard InChI is InChI=1S/C13H18N4O/c1-4-11(8-18)17-9(2)12(15-10-5-6-10)7-13(14-3)16-17/h4,7-8,10,15H,2,5-6H2,1,3H3,(H,14,16)/b11-4-. The molecule has 18 heavy (non-hydrogen) atoms. The van der Waals surface area contributed by atoms with Crippen LogP contribution in [-0.2, 0) is 4.79 Å². The third-order valence-corrected chi connectivity index (χ3v) is 2.94. The van der Waals surface area contributed by atoms with Crippen LogP contribution in [0.4, 0.5) is 0 Å². The lowest BCUT2D eigenvalue weighted by atomic mass is 10.2. The van der Waals surface area contributed by atoms with E-state index in [2.05, 4.69) is 22.3 Å². The van der Waals surface area contributed by atoms with Crippen molar-refractivity contribution in [2.75, 3.05) is 7.05 Å². The van der Waals surface area contributed by atoms with Gasteiger partial charge in [0.15, 0.2) is 6.29 Å². The van der Waals surface area contributed by atoms with E-state index in [-0.39, 0.29) is 0 Å². The number of aldehydes is 1. The van der Waals surface area contributed by atoms with Crippen LogP contribution < -0.4 is 10.7 Å². The molecule has 0 unspecified atom stereocenters. The van der Waals surface area contributed by atoms with E-state index >= 15 is 0 Å². The van der Waals surface area contributed by atoms with E-state index in [0.29, 0.717) is 17.6 Å². The molecule has 0 aromatic carbocycles. The average Bonchev–Trinajstić information content (AvgIpc) is 3.18. The molecule has 1 saturated carbocycles. The van der Waals surface area contributed by atoms with Crippen molar-refractivity contribution < 1.29 is 4.79 Å². The zero-order valence-electron chi connectivity index (χ0n) is 10.7. The van der Waals surface area contributed by atoms with Gasteiger partial charge in [0.25, 0.3) is 0 Å². The van der Waals surface area contributed by atoms with Crippen LogP contribution in [0.3, 0.4) is 0 Å². The van der Waals surface area contributed by atoms with Crippen molar-refractivity contribution in [1.29, 1.82) is 0 Å². The normalized spacial score (nSPS) is 22.7. The molecular weight excluding hydrogens is 228 g/mol. The first kappa shape index (κ1) is 12.4. The van der Waals surface area contributed by atoms with E-state index in [9.17, 15) is 4.79 Å². The molecule has 96 valence electrons. The molecule has 0 atom stereocenters. The predicted molar refractivity (Wildman–Crippen MR) is 71.5 cm³/mol. The van der Waals surface area contributed by atoms with Gasteiger partial charge < -0.3 is 5.32 Å². The summed E-state index contributed by atoms with van der Waals surface area (Å²) < 4.78 is 0. The topological polar surface area (TPSA) is 56.7 Å². The number of amidine groups is 1. The van der Waals surface area contributed by atoms with Crippen molar-refractivity contribution in [3.63, 3.8) is 0 Å². The van der Waals surface area contributed by atoms with Crippen molar-refractivity contribution in [3.05, 3.63) is 35.8 Å². The lowest BCUT2D eigenvalue weighted by Gasteiger charge is -2.33. The maximum absolute atomic E-state index is 11.0. The summed E-state index contributed by atoms with van der Waals surface area (Å²) >= 11 is 0. The predicted octanol–water partition coefficient (Wildman–Crippen LogP) is 1.09. The van der Waals surface area contributed by atoms with E-state index in [1.165, 1.54) is 12.8 Å². The van der Waals surface area contributed by atoms with Crippen LogP contribution >= 0.6 is 0 Å². The Balaban J connectivity index is 2.26. The Morgan fingerprint density at radius 1 is 1.67 bits per heavy atom. The summed E-state index contributed by atoms with van der Waals surface area (Å²) in [6.45, 7) is 5.83. The summed E-state index contributed by atoms with van der Waals surface area (Å²) in [5.41, 5.74) is 5.21. The fourth-order valence-electron chi connectivity index (χ4n) is 1.71. The van der Waals surface area contributed by atoms with Gasteiger partial charge in [0, 0.05) is 19.2 Å². The molecule has 5 heteroatoms. The van der Waals surface area contributed by atoms with E-state index in [4.69, 9.17) is 0 Å². The molecule has 0 radical (unpaired) electrons. The number of allylic oxidation sites excluding steroid dienone is 2.